The lowest BCUT2D eigenvalue weighted by atomic mass is 10.0. The van der Waals surface area contributed by atoms with Gasteiger partial charge in [-0.3, -0.25) is 19.5 Å². The van der Waals surface area contributed by atoms with Gasteiger partial charge in [0.15, 0.2) is 5.75 Å². The molecule has 0 spiro atoms. The van der Waals surface area contributed by atoms with Crippen molar-refractivity contribution < 1.29 is 36.6 Å². The topological polar surface area (TPSA) is 92.8 Å². The summed E-state index contributed by atoms with van der Waals surface area (Å²) < 4.78 is 64.5. The molecule has 2 bridgehead atoms. The zero-order valence-corrected chi connectivity index (χ0v) is 21.4. The number of fused-ring (bicyclic) bond motifs is 2. The number of anilines is 2. The van der Waals surface area contributed by atoms with Crippen molar-refractivity contribution in [3.05, 3.63) is 72.3 Å². The van der Waals surface area contributed by atoms with Crippen molar-refractivity contribution >= 4 is 23.2 Å². The molecule has 3 aromatic rings. The Labute approximate surface area is 227 Å². The van der Waals surface area contributed by atoms with Gasteiger partial charge in [0.1, 0.15) is 5.82 Å². The Morgan fingerprint density at radius 1 is 1.05 bits per heavy atom. The van der Waals surface area contributed by atoms with Gasteiger partial charge >= 0.3 is 6.36 Å². The second-order valence-corrected chi connectivity index (χ2v) is 9.72. The highest BCUT2D eigenvalue weighted by Crippen LogP contribution is 2.40. The molecule has 0 radical (unpaired) electrons. The van der Waals surface area contributed by atoms with E-state index in [9.17, 15) is 27.2 Å². The van der Waals surface area contributed by atoms with Crippen LogP contribution >= 0.6 is 0 Å². The van der Waals surface area contributed by atoms with Crippen molar-refractivity contribution in [1.29, 1.82) is 0 Å². The molecule has 2 aromatic carbocycles. The van der Waals surface area contributed by atoms with Crippen LogP contribution in [0.25, 0.3) is 11.1 Å². The average molecular weight is 559 g/mol. The number of morpholine rings is 1. The molecule has 0 saturated carbocycles. The molecule has 2 aliphatic rings. The van der Waals surface area contributed by atoms with Crippen LogP contribution in [0, 0.1) is 5.82 Å². The molecule has 1 aromatic heterocycles. The molecule has 8 nitrogen and oxygen atoms in total. The minimum atomic E-state index is -5.09. The molecule has 5 rings (SSSR count). The van der Waals surface area contributed by atoms with Crippen LogP contribution in [0.4, 0.5) is 28.9 Å². The van der Waals surface area contributed by atoms with Crippen LogP contribution in [0.15, 0.2) is 60.9 Å². The zero-order chi connectivity index (χ0) is 28.4. The highest BCUT2D eigenvalue weighted by molar-refractivity contribution is 6.07. The standard InChI is InChI=1S/C28H26F4N4O4/c1-16(36-14-20-7-8-21(15-36)39-20)26(37)35-24-12-23(34-27(38)18-5-3-9-33-13-18)22(11-25(24)40-28(30,31)32)17-4-2-6-19(29)10-17/h2-6,9-13,16,20-21H,7-8,14-15H2,1H3,(H,34,38)(H,35,37). The molecule has 2 N–H and O–H groups in total. The summed E-state index contributed by atoms with van der Waals surface area (Å²) in [4.78, 5) is 32.0. The molecule has 40 heavy (non-hydrogen) atoms. The first-order chi connectivity index (χ1) is 19.1. The number of benzene rings is 2. The fraction of sp³-hybridized carbons (Fsp3) is 0.321. The van der Waals surface area contributed by atoms with E-state index in [1.807, 2.05) is 4.90 Å². The van der Waals surface area contributed by atoms with E-state index in [2.05, 4.69) is 20.4 Å². The van der Waals surface area contributed by atoms with Crippen LogP contribution in [-0.4, -0.2) is 59.4 Å². The number of halogens is 4. The summed E-state index contributed by atoms with van der Waals surface area (Å²) in [5.41, 5.74) is 0.133. The largest absolute Gasteiger partial charge is 0.573 e. The van der Waals surface area contributed by atoms with E-state index >= 15 is 0 Å². The number of rotatable bonds is 7. The SMILES string of the molecule is CC(C(=O)Nc1cc(NC(=O)c2cccnc2)c(-c2cccc(F)c2)cc1OC(F)(F)F)N1CC2CCC(C1)O2. The molecule has 12 heteroatoms. The van der Waals surface area contributed by atoms with E-state index in [1.54, 1.807) is 13.0 Å². The molecule has 2 fully saturated rings. The van der Waals surface area contributed by atoms with Crippen molar-refractivity contribution in [2.24, 2.45) is 0 Å². The lowest BCUT2D eigenvalue weighted by Crippen LogP contribution is -2.51. The molecule has 2 amide bonds. The highest BCUT2D eigenvalue weighted by atomic mass is 19.4. The first kappa shape index (κ1) is 27.5. The van der Waals surface area contributed by atoms with Gasteiger partial charge in [-0.05, 0) is 61.7 Å². The van der Waals surface area contributed by atoms with Crippen molar-refractivity contribution in [2.75, 3.05) is 23.7 Å². The number of ether oxygens (including phenoxy) is 2. The summed E-state index contributed by atoms with van der Waals surface area (Å²) in [6.07, 6.45) is -0.489. The van der Waals surface area contributed by atoms with Crippen LogP contribution < -0.4 is 15.4 Å². The van der Waals surface area contributed by atoms with Gasteiger partial charge in [0, 0.05) is 31.0 Å². The Balaban J connectivity index is 1.52. The van der Waals surface area contributed by atoms with Gasteiger partial charge < -0.3 is 20.1 Å². The number of carbonyl (C=O) groups is 2. The zero-order valence-electron chi connectivity index (χ0n) is 21.4. The normalized spacial score (nSPS) is 19.6. The van der Waals surface area contributed by atoms with E-state index < -0.39 is 35.8 Å². The predicted octanol–water partition coefficient (Wildman–Crippen LogP) is 5.23. The fourth-order valence-electron chi connectivity index (χ4n) is 4.94. The van der Waals surface area contributed by atoms with E-state index in [0.29, 0.717) is 13.1 Å². The third-order valence-electron chi connectivity index (χ3n) is 6.91. The van der Waals surface area contributed by atoms with Gasteiger partial charge in [-0.1, -0.05) is 12.1 Å². The summed E-state index contributed by atoms with van der Waals surface area (Å²) >= 11 is 0. The second-order valence-electron chi connectivity index (χ2n) is 9.72. The molecule has 3 heterocycles. The summed E-state index contributed by atoms with van der Waals surface area (Å²) in [7, 11) is 0. The number of alkyl halides is 3. The van der Waals surface area contributed by atoms with Crippen LogP contribution in [0.2, 0.25) is 0 Å². The summed E-state index contributed by atoms with van der Waals surface area (Å²) in [5, 5.41) is 5.18. The molecule has 3 atom stereocenters. The maximum Gasteiger partial charge on any atom is 0.573 e. The Hall–Kier alpha value is -4.03. The lowest BCUT2D eigenvalue weighted by Gasteiger charge is -2.35. The summed E-state index contributed by atoms with van der Waals surface area (Å²) in [6.45, 7) is 2.72. The quantitative estimate of drug-likeness (QED) is 0.386. The van der Waals surface area contributed by atoms with Gasteiger partial charge in [-0.15, -0.1) is 13.2 Å². The third kappa shape index (κ3) is 6.40. The smallest absolute Gasteiger partial charge is 0.404 e. The number of hydrogen-bond acceptors (Lipinski definition) is 6. The van der Waals surface area contributed by atoms with Crippen molar-refractivity contribution in [3.8, 4) is 16.9 Å². The minimum absolute atomic E-state index is 0.0120. The van der Waals surface area contributed by atoms with Crippen LogP contribution in [0.5, 0.6) is 5.75 Å². The van der Waals surface area contributed by atoms with Crippen LogP contribution in [0.1, 0.15) is 30.1 Å². The summed E-state index contributed by atoms with van der Waals surface area (Å²) in [5.74, 6) is -2.51. The van der Waals surface area contributed by atoms with Crippen molar-refractivity contribution in [3.63, 3.8) is 0 Å². The van der Waals surface area contributed by atoms with E-state index in [-0.39, 0.29) is 40.3 Å². The number of hydrogen-bond donors (Lipinski definition) is 2. The molecule has 2 aliphatic heterocycles. The molecule has 0 aliphatic carbocycles. The number of nitrogens with one attached hydrogen (secondary N) is 2. The molecule has 2 saturated heterocycles. The first-order valence-electron chi connectivity index (χ1n) is 12.7. The monoisotopic (exact) mass is 558 g/mol. The Bertz CT molecular complexity index is 1390. The van der Waals surface area contributed by atoms with Gasteiger partial charge in [0.05, 0.1) is 35.2 Å². The second kappa shape index (κ2) is 11.2. The van der Waals surface area contributed by atoms with Crippen LogP contribution in [0.3, 0.4) is 0 Å². The van der Waals surface area contributed by atoms with E-state index in [4.69, 9.17) is 4.74 Å². The predicted molar refractivity (Wildman–Crippen MR) is 138 cm³/mol. The maximum atomic E-state index is 14.1. The molecule has 3 unspecified atom stereocenters. The van der Waals surface area contributed by atoms with Crippen molar-refractivity contribution in [2.45, 2.75) is 44.4 Å². The highest BCUT2D eigenvalue weighted by Gasteiger charge is 2.38. The van der Waals surface area contributed by atoms with E-state index in [1.165, 1.54) is 42.7 Å². The van der Waals surface area contributed by atoms with E-state index in [0.717, 1.165) is 25.0 Å². The Morgan fingerprint density at radius 3 is 2.45 bits per heavy atom. The van der Waals surface area contributed by atoms with Gasteiger partial charge in [-0.2, -0.15) is 0 Å². The number of pyridine rings is 1. The fourth-order valence-corrected chi connectivity index (χ4v) is 4.94. The van der Waals surface area contributed by atoms with Crippen LogP contribution in [-0.2, 0) is 9.53 Å². The molecular weight excluding hydrogens is 532 g/mol. The lowest BCUT2D eigenvalue weighted by molar-refractivity contribution is -0.274. The van der Waals surface area contributed by atoms with Crippen molar-refractivity contribution in [1.82, 2.24) is 9.88 Å². The molecule has 210 valence electrons. The third-order valence-corrected chi connectivity index (χ3v) is 6.91. The number of carbonyl (C=O) groups excluding carboxylic acids is 2. The maximum absolute atomic E-state index is 14.1. The average Bonchev–Trinajstić information content (AvgIpc) is 3.26. The van der Waals surface area contributed by atoms with Gasteiger partial charge in [0.25, 0.3) is 5.91 Å². The Kier molecular flexibility index (Phi) is 7.72. The minimum Gasteiger partial charge on any atom is -0.404 e. The number of nitrogens with zero attached hydrogens (tertiary/aromatic N) is 2. The number of aromatic nitrogens is 1. The summed E-state index contributed by atoms with van der Waals surface area (Å²) in [6, 6.07) is 9.70. The molecular formula is C28H26F4N4O4. The van der Waals surface area contributed by atoms with Gasteiger partial charge in [0.2, 0.25) is 5.91 Å². The number of amides is 2. The Morgan fingerprint density at radius 2 is 1.80 bits per heavy atom. The number of likely N-dealkylation sites (tertiary alicyclic amines) is 1. The van der Waals surface area contributed by atoms with Gasteiger partial charge in [-0.25, -0.2) is 4.39 Å². The first-order valence-corrected chi connectivity index (χ1v) is 12.7.